The monoisotopic (exact) mass is 418 g/mol. The van der Waals surface area contributed by atoms with Crippen molar-refractivity contribution in [2.45, 2.75) is 25.1 Å². The zero-order valence-electron chi connectivity index (χ0n) is 16.0. The van der Waals surface area contributed by atoms with Gasteiger partial charge in [0.15, 0.2) is 0 Å². The number of aromatic amines is 1. The molecule has 3 N–H and O–H groups in total. The molecule has 0 saturated carbocycles. The standard InChI is InChI=1S/C20H21F3N6O/c21-20(22,23)13-3-1-4-14(9-13)25-10-17(30)29-8-2-5-15(11-29)28-19-16-6-7-24-18(16)26-12-27-19/h1,3-4,6-7,9,12,15,25H,2,5,8,10-11H2,(H2,24,26,27,28). The van der Waals surface area contributed by atoms with Crippen LogP contribution in [0.3, 0.4) is 0 Å². The number of benzene rings is 1. The van der Waals surface area contributed by atoms with E-state index >= 15 is 0 Å². The lowest BCUT2D eigenvalue weighted by atomic mass is 10.1. The number of likely N-dealkylation sites (tertiary alicyclic amines) is 1. The Kier molecular flexibility index (Phi) is 5.47. The van der Waals surface area contributed by atoms with Crippen molar-refractivity contribution in [3.05, 3.63) is 48.4 Å². The van der Waals surface area contributed by atoms with Crippen molar-refractivity contribution in [3.63, 3.8) is 0 Å². The van der Waals surface area contributed by atoms with Crippen LogP contribution in [0.2, 0.25) is 0 Å². The minimum absolute atomic E-state index is 0.0317. The first-order valence-corrected chi connectivity index (χ1v) is 9.64. The fourth-order valence-electron chi connectivity index (χ4n) is 3.60. The molecule has 0 radical (unpaired) electrons. The number of nitrogens with zero attached hydrogens (tertiary/aromatic N) is 3. The average molecular weight is 418 g/mol. The number of carbonyl (C=O) groups is 1. The predicted octanol–water partition coefficient (Wildman–Crippen LogP) is 3.49. The number of halogens is 3. The second kappa shape index (κ2) is 8.21. The van der Waals surface area contributed by atoms with Crippen molar-refractivity contribution in [2.75, 3.05) is 30.3 Å². The van der Waals surface area contributed by atoms with E-state index in [1.807, 2.05) is 6.07 Å². The Morgan fingerprint density at radius 3 is 2.97 bits per heavy atom. The Balaban J connectivity index is 1.35. The summed E-state index contributed by atoms with van der Waals surface area (Å²) in [6.07, 6.45) is 0.570. The minimum Gasteiger partial charge on any atom is -0.376 e. The van der Waals surface area contributed by atoms with Crippen LogP contribution in [-0.4, -0.2) is 51.4 Å². The summed E-state index contributed by atoms with van der Waals surface area (Å²) in [7, 11) is 0. The molecule has 30 heavy (non-hydrogen) atoms. The third-order valence-corrected chi connectivity index (χ3v) is 5.10. The summed E-state index contributed by atoms with van der Waals surface area (Å²) in [4.78, 5) is 25.8. The van der Waals surface area contributed by atoms with Gasteiger partial charge in [0.2, 0.25) is 5.91 Å². The number of amides is 1. The number of rotatable bonds is 5. The van der Waals surface area contributed by atoms with E-state index in [4.69, 9.17) is 0 Å². The number of carbonyl (C=O) groups excluding carboxylic acids is 1. The maximum atomic E-state index is 12.8. The summed E-state index contributed by atoms with van der Waals surface area (Å²) in [6, 6.07) is 6.76. The Morgan fingerprint density at radius 2 is 2.13 bits per heavy atom. The predicted molar refractivity (Wildman–Crippen MR) is 107 cm³/mol. The highest BCUT2D eigenvalue weighted by molar-refractivity contribution is 5.87. The number of hydrogen-bond donors (Lipinski definition) is 3. The first kappa shape index (κ1) is 20.0. The van der Waals surface area contributed by atoms with Gasteiger partial charge >= 0.3 is 6.18 Å². The minimum atomic E-state index is -4.42. The molecule has 10 heteroatoms. The van der Waals surface area contributed by atoms with Gasteiger partial charge in [-0.25, -0.2) is 9.97 Å². The zero-order chi connectivity index (χ0) is 21.1. The van der Waals surface area contributed by atoms with Crippen molar-refractivity contribution < 1.29 is 18.0 Å². The van der Waals surface area contributed by atoms with Gasteiger partial charge in [-0.2, -0.15) is 13.2 Å². The zero-order valence-corrected chi connectivity index (χ0v) is 16.0. The van der Waals surface area contributed by atoms with Gasteiger partial charge in [0, 0.05) is 31.0 Å². The van der Waals surface area contributed by atoms with Gasteiger partial charge in [-0.3, -0.25) is 4.79 Å². The van der Waals surface area contributed by atoms with Gasteiger partial charge in [-0.05, 0) is 37.1 Å². The molecule has 158 valence electrons. The number of nitrogens with one attached hydrogen (secondary N) is 3. The largest absolute Gasteiger partial charge is 0.416 e. The number of anilines is 2. The highest BCUT2D eigenvalue weighted by Crippen LogP contribution is 2.30. The SMILES string of the molecule is O=C(CNc1cccc(C(F)(F)F)c1)N1CCCC(Nc2ncnc3[nH]ccc23)C1. The van der Waals surface area contributed by atoms with Crippen LogP contribution in [0.4, 0.5) is 24.7 Å². The normalized spacial score (nSPS) is 17.2. The van der Waals surface area contributed by atoms with Crippen molar-refractivity contribution in [1.29, 1.82) is 0 Å². The fraction of sp³-hybridized carbons (Fsp3) is 0.350. The molecule has 1 aliphatic heterocycles. The number of H-pyrrole nitrogens is 1. The van der Waals surface area contributed by atoms with E-state index in [1.54, 1.807) is 11.1 Å². The van der Waals surface area contributed by atoms with E-state index < -0.39 is 11.7 Å². The summed E-state index contributed by atoms with van der Waals surface area (Å²) in [5, 5.41) is 7.07. The Morgan fingerprint density at radius 1 is 1.27 bits per heavy atom. The molecule has 1 aromatic carbocycles. The summed E-state index contributed by atoms with van der Waals surface area (Å²) in [5.41, 5.74) is 0.255. The lowest BCUT2D eigenvalue weighted by molar-refractivity contribution is -0.137. The van der Waals surface area contributed by atoms with Crippen molar-refractivity contribution in [1.82, 2.24) is 19.9 Å². The Bertz CT molecular complexity index is 1030. The second-order valence-corrected chi connectivity index (χ2v) is 7.22. The lowest BCUT2D eigenvalue weighted by Crippen LogP contribution is -2.47. The van der Waals surface area contributed by atoms with Crippen molar-refractivity contribution in [2.24, 2.45) is 0 Å². The van der Waals surface area contributed by atoms with Crippen LogP contribution in [0, 0.1) is 0 Å². The Labute approximate surface area is 170 Å². The summed E-state index contributed by atoms with van der Waals surface area (Å²) < 4.78 is 38.5. The fourth-order valence-corrected chi connectivity index (χ4v) is 3.60. The molecule has 1 unspecified atom stereocenters. The van der Waals surface area contributed by atoms with Gasteiger partial charge < -0.3 is 20.5 Å². The number of hydrogen-bond acceptors (Lipinski definition) is 5. The maximum absolute atomic E-state index is 12.8. The smallest absolute Gasteiger partial charge is 0.376 e. The number of piperidine rings is 1. The van der Waals surface area contributed by atoms with E-state index in [1.165, 1.54) is 18.5 Å². The first-order chi connectivity index (χ1) is 14.4. The molecule has 1 amide bonds. The molecule has 3 heterocycles. The third-order valence-electron chi connectivity index (χ3n) is 5.10. The molecule has 3 aromatic rings. The molecule has 1 saturated heterocycles. The molecule has 0 bridgehead atoms. The third kappa shape index (κ3) is 4.47. The molecule has 0 spiro atoms. The number of aromatic nitrogens is 3. The van der Waals surface area contributed by atoms with Gasteiger partial charge in [0.05, 0.1) is 17.5 Å². The molecule has 1 fully saturated rings. The topological polar surface area (TPSA) is 85.9 Å². The molecule has 7 nitrogen and oxygen atoms in total. The van der Waals surface area contributed by atoms with Crippen LogP contribution in [0.1, 0.15) is 18.4 Å². The summed E-state index contributed by atoms with van der Waals surface area (Å²) >= 11 is 0. The summed E-state index contributed by atoms with van der Waals surface area (Å²) in [6.45, 7) is 1.05. The number of alkyl halides is 3. The van der Waals surface area contributed by atoms with Crippen molar-refractivity contribution >= 4 is 28.4 Å². The quantitative estimate of drug-likeness (QED) is 0.591. The average Bonchev–Trinajstić information content (AvgIpc) is 3.22. The van der Waals surface area contributed by atoms with E-state index in [0.717, 1.165) is 36.0 Å². The van der Waals surface area contributed by atoms with Crippen LogP contribution in [0.5, 0.6) is 0 Å². The van der Waals surface area contributed by atoms with Crippen LogP contribution < -0.4 is 10.6 Å². The maximum Gasteiger partial charge on any atom is 0.416 e. The molecular formula is C20H21F3N6O. The first-order valence-electron chi connectivity index (χ1n) is 9.64. The van der Waals surface area contributed by atoms with E-state index in [-0.39, 0.29) is 24.2 Å². The molecule has 0 aliphatic carbocycles. The molecule has 2 aromatic heterocycles. The van der Waals surface area contributed by atoms with Crippen LogP contribution in [0.25, 0.3) is 11.0 Å². The number of fused-ring (bicyclic) bond motifs is 1. The molecule has 4 rings (SSSR count). The molecular weight excluding hydrogens is 397 g/mol. The van der Waals surface area contributed by atoms with Gasteiger partial charge in [-0.1, -0.05) is 6.07 Å². The molecule has 1 atom stereocenters. The van der Waals surface area contributed by atoms with Crippen LogP contribution in [-0.2, 0) is 11.0 Å². The van der Waals surface area contributed by atoms with Crippen LogP contribution >= 0.6 is 0 Å². The van der Waals surface area contributed by atoms with Gasteiger partial charge in [0.25, 0.3) is 0 Å². The van der Waals surface area contributed by atoms with Gasteiger partial charge in [0.1, 0.15) is 17.8 Å². The highest BCUT2D eigenvalue weighted by Gasteiger charge is 2.30. The highest BCUT2D eigenvalue weighted by atomic mass is 19.4. The van der Waals surface area contributed by atoms with Gasteiger partial charge in [-0.15, -0.1) is 0 Å². The van der Waals surface area contributed by atoms with Crippen LogP contribution in [0.15, 0.2) is 42.9 Å². The van der Waals surface area contributed by atoms with Crippen molar-refractivity contribution in [3.8, 4) is 0 Å². The van der Waals surface area contributed by atoms with E-state index in [0.29, 0.717) is 18.9 Å². The molecule has 1 aliphatic rings. The summed E-state index contributed by atoms with van der Waals surface area (Å²) in [5.74, 6) is 0.552. The van der Waals surface area contributed by atoms with E-state index in [2.05, 4.69) is 25.6 Å². The van der Waals surface area contributed by atoms with E-state index in [9.17, 15) is 18.0 Å². The lowest BCUT2D eigenvalue weighted by Gasteiger charge is -2.33. The Hall–Kier alpha value is -3.30. The second-order valence-electron chi connectivity index (χ2n) is 7.22.